The van der Waals surface area contributed by atoms with Crippen LogP contribution in [0.3, 0.4) is 0 Å². The molecule has 1 atom stereocenters. The molecule has 3 heterocycles. The lowest BCUT2D eigenvalue weighted by Crippen LogP contribution is -2.34. The van der Waals surface area contributed by atoms with E-state index in [0.717, 1.165) is 72.3 Å². The van der Waals surface area contributed by atoms with Crippen molar-refractivity contribution in [2.45, 2.75) is 13.0 Å². The van der Waals surface area contributed by atoms with Crippen molar-refractivity contribution in [1.29, 1.82) is 0 Å². The number of rotatable bonds is 9. The normalized spacial score (nSPS) is 18.7. The van der Waals surface area contributed by atoms with Gasteiger partial charge in [0.15, 0.2) is 0 Å². The molecule has 2 aliphatic rings. The van der Waals surface area contributed by atoms with E-state index in [-0.39, 0.29) is 6.04 Å². The van der Waals surface area contributed by atoms with Gasteiger partial charge in [0.05, 0.1) is 22.8 Å². The second-order valence-electron chi connectivity index (χ2n) is 13.5. The summed E-state index contributed by atoms with van der Waals surface area (Å²) in [7, 11) is 0. The maximum atomic E-state index is 6.62. The number of benzene rings is 4. The summed E-state index contributed by atoms with van der Waals surface area (Å²) in [6, 6.07) is 33.8. The number of hydrogen-bond donors (Lipinski definition) is 2. The number of dihydropyridines is 1. The highest BCUT2D eigenvalue weighted by molar-refractivity contribution is 6.14. The van der Waals surface area contributed by atoms with Crippen molar-refractivity contribution in [3.63, 3.8) is 0 Å². The lowest BCUT2D eigenvalue weighted by Gasteiger charge is -2.26. The molecule has 5 nitrogen and oxygen atoms in total. The number of nitrogens with one attached hydrogen (secondary N) is 1. The maximum absolute atomic E-state index is 6.62. The molecule has 274 valence electrons. The highest BCUT2D eigenvalue weighted by Gasteiger charge is 2.20. The zero-order valence-electron chi connectivity index (χ0n) is 31.6. The standard InChI is InChI=1S/C51H45N5/c1-6-8-18-36(3)47-34-41(35-48(54-47)46(52)25-9-7-2)39-19-15-22-43(33-39)56-49-26-14-13-23-45(49)51-44(24-16-27-50(51)56)40-28-31-55(42-20-11-10-12-21-42)30-17-29-53-38(5)37(4)32-40/h6-35,48,54H,1,3-5,52H2,2H3/b9-7-,18-8-,30-17-,31-28-,40-32+,46-25-,53-29?. The Labute approximate surface area is 329 Å². The topological polar surface area (TPSA) is 58.6 Å². The first-order chi connectivity index (χ1) is 27.4. The van der Waals surface area contributed by atoms with Gasteiger partial charge in [0.25, 0.3) is 0 Å². The molecule has 7 rings (SSSR count). The van der Waals surface area contributed by atoms with Gasteiger partial charge in [-0.05, 0) is 113 Å². The Morgan fingerprint density at radius 1 is 0.839 bits per heavy atom. The van der Waals surface area contributed by atoms with E-state index in [0.29, 0.717) is 11.4 Å². The highest BCUT2D eigenvalue weighted by Crippen LogP contribution is 2.38. The number of para-hydroxylation sites is 2. The van der Waals surface area contributed by atoms with E-state index >= 15 is 0 Å². The second kappa shape index (κ2) is 16.8. The summed E-state index contributed by atoms with van der Waals surface area (Å²) in [5.41, 5.74) is 18.8. The van der Waals surface area contributed by atoms with Crippen LogP contribution in [0, 0.1) is 0 Å². The summed E-state index contributed by atoms with van der Waals surface area (Å²) in [6.07, 6.45) is 27.7. The summed E-state index contributed by atoms with van der Waals surface area (Å²) in [4.78, 5) is 6.66. The van der Waals surface area contributed by atoms with Crippen molar-refractivity contribution in [1.82, 2.24) is 9.88 Å². The van der Waals surface area contributed by atoms with Crippen LogP contribution in [0.1, 0.15) is 18.1 Å². The van der Waals surface area contributed by atoms with Gasteiger partial charge in [0, 0.05) is 52.2 Å². The van der Waals surface area contributed by atoms with Gasteiger partial charge < -0.3 is 20.5 Å². The van der Waals surface area contributed by atoms with Crippen LogP contribution in [0.25, 0.3) is 38.6 Å². The Balaban J connectivity index is 1.39. The van der Waals surface area contributed by atoms with Crippen LogP contribution in [-0.4, -0.2) is 16.8 Å². The molecular weight excluding hydrogens is 683 g/mol. The minimum Gasteiger partial charge on any atom is -0.400 e. The molecule has 0 radical (unpaired) electrons. The van der Waals surface area contributed by atoms with Gasteiger partial charge in [-0.2, -0.15) is 0 Å². The average Bonchev–Trinajstić information content (AvgIpc) is 3.57. The fourth-order valence-electron chi connectivity index (χ4n) is 6.94. The Morgan fingerprint density at radius 3 is 2.43 bits per heavy atom. The highest BCUT2D eigenvalue weighted by atomic mass is 15.1. The van der Waals surface area contributed by atoms with Crippen LogP contribution in [-0.2, 0) is 0 Å². The Bertz CT molecular complexity index is 2650. The summed E-state index contributed by atoms with van der Waals surface area (Å²) >= 11 is 0. The Kier molecular flexibility index (Phi) is 11.1. The molecular formula is C51H45N5. The number of fused-ring (bicyclic) bond motifs is 3. The van der Waals surface area contributed by atoms with E-state index in [2.05, 4.69) is 155 Å². The molecule has 0 saturated carbocycles. The number of aromatic nitrogens is 1. The summed E-state index contributed by atoms with van der Waals surface area (Å²) in [6.45, 7) is 18.7. The van der Waals surface area contributed by atoms with Crippen LogP contribution >= 0.6 is 0 Å². The van der Waals surface area contributed by atoms with Gasteiger partial charge >= 0.3 is 0 Å². The van der Waals surface area contributed by atoms with Gasteiger partial charge in [-0.15, -0.1) is 0 Å². The minimum absolute atomic E-state index is 0.220. The number of nitrogens with two attached hydrogens (primary N) is 1. The predicted octanol–water partition coefficient (Wildman–Crippen LogP) is 11.8. The number of hydrogen-bond acceptors (Lipinski definition) is 4. The van der Waals surface area contributed by atoms with E-state index in [4.69, 9.17) is 5.73 Å². The monoisotopic (exact) mass is 727 g/mol. The first-order valence-corrected chi connectivity index (χ1v) is 18.6. The Morgan fingerprint density at radius 2 is 1.61 bits per heavy atom. The van der Waals surface area contributed by atoms with Crippen LogP contribution in [0.5, 0.6) is 0 Å². The second-order valence-corrected chi connectivity index (χ2v) is 13.5. The van der Waals surface area contributed by atoms with Gasteiger partial charge in [-0.1, -0.05) is 117 Å². The molecule has 0 aliphatic carbocycles. The smallest absolute Gasteiger partial charge is 0.0851 e. The largest absolute Gasteiger partial charge is 0.400 e. The zero-order valence-corrected chi connectivity index (χ0v) is 31.6. The van der Waals surface area contributed by atoms with E-state index in [1.165, 1.54) is 0 Å². The lowest BCUT2D eigenvalue weighted by atomic mass is 9.95. The molecule has 3 N–H and O–H groups in total. The molecule has 0 spiro atoms. The molecule has 0 fully saturated rings. The van der Waals surface area contributed by atoms with Gasteiger partial charge in [-0.25, -0.2) is 0 Å². The van der Waals surface area contributed by atoms with Crippen LogP contribution in [0.4, 0.5) is 5.69 Å². The molecule has 5 aromatic rings. The number of nitrogens with zero attached hydrogens (tertiary/aromatic N) is 3. The molecule has 0 bridgehead atoms. The quantitative estimate of drug-likeness (QED) is 0.149. The van der Waals surface area contributed by atoms with Crippen LogP contribution in [0.15, 0.2) is 236 Å². The molecule has 1 aromatic heterocycles. The van der Waals surface area contributed by atoms with E-state index in [9.17, 15) is 0 Å². The van der Waals surface area contributed by atoms with Gasteiger partial charge in [0.1, 0.15) is 0 Å². The molecule has 1 unspecified atom stereocenters. The third-order valence-corrected chi connectivity index (χ3v) is 9.76. The van der Waals surface area contributed by atoms with Crippen molar-refractivity contribution in [3.05, 3.63) is 242 Å². The fourth-order valence-corrected chi connectivity index (χ4v) is 6.94. The van der Waals surface area contributed by atoms with Crippen molar-refractivity contribution in [3.8, 4) is 5.69 Å². The first-order valence-electron chi connectivity index (χ1n) is 18.6. The van der Waals surface area contributed by atoms with Crippen LogP contribution in [0.2, 0.25) is 0 Å². The van der Waals surface area contributed by atoms with Crippen molar-refractivity contribution in [2.75, 3.05) is 4.90 Å². The van der Waals surface area contributed by atoms with Crippen molar-refractivity contribution in [2.24, 2.45) is 10.7 Å². The predicted molar refractivity (Wildman–Crippen MR) is 241 cm³/mol. The SMILES string of the molecule is C=C/C=C\C(=C)C1=CC(c2cccc(-n3c4ccccc4c4c(C5=C/C(=C)C(=C)N=C/C=C\N(c6ccccc6)/C=C\5)cccc43)c2)=CC(/C(N)=C/C=C\C)N1. The zero-order chi connectivity index (χ0) is 39.0. The van der Waals surface area contributed by atoms with Gasteiger partial charge in [0.2, 0.25) is 0 Å². The van der Waals surface area contributed by atoms with Gasteiger partial charge in [-0.3, -0.25) is 4.99 Å². The molecule has 0 amide bonds. The maximum Gasteiger partial charge on any atom is 0.0851 e. The minimum atomic E-state index is -0.220. The number of anilines is 1. The fraction of sp³-hybridized carbons (Fsp3) is 0.0392. The van der Waals surface area contributed by atoms with E-state index < -0.39 is 0 Å². The van der Waals surface area contributed by atoms with Crippen molar-refractivity contribution < 1.29 is 0 Å². The van der Waals surface area contributed by atoms with E-state index in [1.54, 1.807) is 12.3 Å². The Hall–Kier alpha value is -7.37. The molecule has 56 heavy (non-hydrogen) atoms. The average molecular weight is 728 g/mol. The van der Waals surface area contributed by atoms with Crippen molar-refractivity contribution >= 4 is 44.9 Å². The molecule has 2 aliphatic heterocycles. The summed E-state index contributed by atoms with van der Waals surface area (Å²) in [5.74, 6) is 0. The lowest BCUT2D eigenvalue weighted by molar-refractivity contribution is 0.745. The molecule has 4 aromatic carbocycles. The molecule has 0 saturated heterocycles. The van der Waals surface area contributed by atoms with E-state index in [1.807, 2.05) is 67.8 Å². The number of aliphatic imine (C=N–C) groups is 1. The summed E-state index contributed by atoms with van der Waals surface area (Å²) < 4.78 is 2.35. The third kappa shape index (κ3) is 7.79. The first kappa shape index (κ1) is 37.0. The number of allylic oxidation sites excluding steroid dienone is 12. The summed E-state index contributed by atoms with van der Waals surface area (Å²) in [5, 5.41) is 5.85. The van der Waals surface area contributed by atoms with Crippen LogP contribution < -0.4 is 16.0 Å². The molecule has 5 heteroatoms. The third-order valence-electron chi connectivity index (χ3n) is 9.76.